The van der Waals surface area contributed by atoms with E-state index in [0.717, 1.165) is 12.8 Å². The van der Waals surface area contributed by atoms with Crippen LogP contribution in [0.1, 0.15) is 12.8 Å². The lowest BCUT2D eigenvalue weighted by molar-refractivity contribution is -0.202. The molecule has 0 amide bonds. The molecule has 1 aliphatic heterocycles. The van der Waals surface area contributed by atoms with Gasteiger partial charge in [0.15, 0.2) is 0 Å². The Balaban J connectivity index is 2.17. The predicted octanol–water partition coefficient (Wildman–Crippen LogP) is 0.401. The van der Waals surface area contributed by atoms with Crippen molar-refractivity contribution >= 4 is 8.60 Å². The number of hydrogen-bond acceptors (Lipinski definition) is 3. The van der Waals surface area contributed by atoms with Crippen LogP contribution in [0.5, 0.6) is 0 Å². The van der Waals surface area contributed by atoms with Gasteiger partial charge in [0, 0.05) is 0 Å². The van der Waals surface area contributed by atoms with Crippen LogP contribution in [-0.4, -0.2) is 13.2 Å². The third-order valence-electron chi connectivity index (χ3n) is 0.932. The smallest absolute Gasteiger partial charge is 0.0828 e. The molecule has 0 radical (unpaired) electrons. The zero-order chi connectivity index (χ0) is 5.82. The molecule has 0 bridgehead atoms. The van der Waals surface area contributed by atoms with Gasteiger partial charge in [-0.25, -0.2) is 0 Å². The highest BCUT2D eigenvalue weighted by Gasteiger charge is 2.00. The van der Waals surface area contributed by atoms with Crippen molar-refractivity contribution in [3.63, 3.8) is 0 Å². The maximum atomic E-state index is 10.4. The molecule has 0 unspecified atom stereocenters. The van der Waals surface area contributed by atoms with Gasteiger partial charge in [0.25, 0.3) is 0 Å². The lowest BCUT2D eigenvalue weighted by Crippen LogP contribution is -1.99. The third kappa shape index (κ3) is 2.05. The molecule has 0 N–H and O–H groups in total. The highest BCUT2D eigenvalue weighted by atomic mass is 31.2. The average molecular weight is 135 g/mol. The first-order valence-corrected chi connectivity index (χ1v) is 3.72. The van der Waals surface area contributed by atoms with E-state index in [2.05, 4.69) is 9.05 Å². The first-order valence-electron chi connectivity index (χ1n) is 2.63. The first-order chi connectivity index (χ1) is 3.89. The Bertz CT molecular complexity index is 60.3. The predicted molar refractivity (Wildman–Crippen MR) is 28.1 cm³/mol. The van der Waals surface area contributed by atoms with Crippen LogP contribution in [0.25, 0.3) is 0 Å². The fourth-order valence-corrected chi connectivity index (χ4v) is 1.15. The summed E-state index contributed by atoms with van der Waals surface area (Å²) in [5.74, 6) is 0. The summed E-state index contributed by atoms with van der Waals surface area (Å²) in [6, 6.07) is 0. The lowest BCUT2D eigenvalue weighted by Gasteiger charge is -2.17. The zero-order valence-corrected chi connectivity index (χ0v) is 5.39. The number of rotatable bonds is 0. The van der Waals surface area contributed by atoms with Crippen molar-refractivity contribution in [2.75, 3.05) is 13.2 Å². The van der Waals surface area contributed by atoms with E-state index in [1.54, 1.807) is 0 Å². The van der Waals surface area contributed by atoms with Crippen LogP contribution < -0.4 is 4.89 Å². The first kappa shape index (κ1) is 6.43. The number of hydrogen-bond donors (Lipinski definition) is 0. The van der Waals surface area contributed by atoms with Crippen molar-refractivity contribution in [3.8, 4) is 0 Å². The molecule has 1 fully saturated rings. The van der Waals surface area contributed by atoms with E-state index in [1.165, 1.54) is 0 Å². The molecule has 0 atom stereocenters. The van der Waals surface area contributed by atoms with Gasteiger partial charge in [-0.2, -0.15) is 0 Å². The monoisotopic (exact) mass is 135 g/mol. The second kappa shape index (κ2) is 3.36. The Kier molecular flexibility index (Phi) is 2.70. The molecule has 48 valence electrons. The summed E-state index contributed by atoms with van der Waals surface area (Å²) in [6.07, 6.45) is 1.92. The second-order valence-corrected chi connectivity index (χ2v) is 2.56. The highest BCUT2D eigenvalue weighted by molar-refractivity contribution is 7.39. The molecule has 1 saturated heterocycles. The molecule has 0 spiro atoms. The Labute approximate surface area is 49.6 Å². The van der Waals surface area contributed by atoms with E-state index < -0.39 is 8.60 Å². The molecule has 8 heavy (non-hydrogen) atoms. The highest BCUT2D eigenvalue weighted by Crippen LogP contribution is 2.30. The molecule has 1 heterocycles. The van der Waals surface area contributed by atoms with Crippen LogP contribution in [-0.2, 0) is 9.05 Å². The van der Waals surface area contributed by atoms with Crippen LogP contribution in [0.15, 0.2) is 0 Å². The maximum Gasteiger partial charge on any atom is 0.0828 e. The molecule has 0 saturated carbocycles. The van der Waals surface area contributed by atoms with E-state index in [-0.39, 0.29) is 0 Å². The van der Waals surface area contributed by atoms with Crippen LogP contribution in [0.3, 0.4) is 0 Å². The minimum atomic E-state index is -1.77. The van der Waals surface area contributed by atoms with Gasteiger partial charge in [0.2, 0.25) is 0 Å². The summed E-state index contributed by atoms with van der Waals surface area (Å²) in [5.41, 5.74) is 0. The van der Waals surface area contributed by atoms with Gasteiger partial charge in [-0.1, -0.05) is 0 Å². The molecule has 0 aliphatic carbocycles. The van der Waals surface area contributed by atoms with E-state index in [1.807, 2.05) is 0 Å². The van der Waals surface area contributed by atoms with Crippen molar-refractivity contribution in [3.05, 3.63) is 0 Å². The third-order valence-corrected chi connectivity index (χ3v) is 1.72. The minimum Gasteiger partial charge on any atom is -0.786 e. The Morgan fingerprint density at radius 1 is 1.12 bits per heavy atom. The topological polar surface area (TPSA) is 41.5 Å². The molecule has 1 rings (SSSR count). The standard InChI is InChI=1S/C4H8O3P/c5-8-6-3-1-2-4-7-8/h1-4H2/q-1. The van der Waals surface area contributed by atoms with Gasteiger partial charge in [-0.3, -0.25) is 0 Å². The van der Waals surface area contributed by atoms with E-state index >= 15 is 0 Å². The summed E-state index contributed by atoms with van der Waals surface area (Å²) in [7, 11) is -1.77. The Morgan fingerprint density at radius 2 is 1.62 bits per heavy atom. The van der Waals surface area contributed by atoms with E-state index in [9.17, 15) is 4.89 Å². The largest absolute Gasteiger partial charge is 0.786 e. The molecule has 0 aromatic rings. The van der Waals surface area contributed by atoms with Crippen molar-refractivity contribution < 1.29 is 13.9 Å². The van der Waals surface area contributed by atoms with Gasteiger partial charge in [-0.05, 0) is 12.8 Å². The van der Waals surface area contributed by atoms with Crippen molar-refractivity contribution in [2.45, 2.75) is 12.8 Å². The van der Waals surface area contributed by atoms with Crippen molar-refractivity contribution in [1.29, 1.82) is 0 Å². The van der Waals surface area contributed by atoms with E-state index in [4.69, 9.17) is 0 Å². The summed E-state index contributed by atoms with van der Waals surface area (Å²) < 4.78 is 9.38. The molecule has 1 aliphatic rings. The summed E-state index contributed by atoms with van der Waals surface area (Å²) >= 11 is 0. The second-order valence-electron chi connectivity index (χ2n) is 1.60. The quantitative estimate of drug-likeness (QED) is 0.451. The SMILES string of the molecule is [O-]P1OCCCCO1. The molecule has 3 nitrogen and oxygen atoms in total. The lowest BCUT2D eigenvalue weighted by atomic mass is 10.3. The van der Waals surface area contributed by atoms with Gasteiger partial charge in [0.1, 0.15) is 0 Å². The van der Waals surface area contributed by atoms with Gasteiger partial charge < -0.3 is 13.9 Å². The zero-order valence-electron chi connectivity index (χ0n) is 4.50. The van der Waals surface area contributed by atoms with Crippen molar-refractivity contribution in [1.82, 2.24) is 0 Å². The molecular weight excluding hydrogens is 127 g/mol. The van der Waals surface area contributed by atoms with Crippen LogP contribution in [0.2, 0.25) is 0 Å². The Hall–Kier alpha value is 0.310. The fraction of sp³-hybridized carbons (Fsp3) is 1.00. The summed E-state index contributed by atoms with van der Waals surface area (Å²) in [6.45, 7) is 1.16. The van der Waals surface area contributed by atoms with Gasteiger partial charge in [-0.15, -0.1) is 0 Å². The van der Waals surface area contributed by atoms with Crippen molar-refractivity contribution in [2.24, 2.45) is 0 Å². The molecular formula is C4H8O3P-. The normalized spacial score (nSPS) is 25.1. The summed E-state index contributed by atoms with van der Waals surface area (Å²) in [4.78, 5) is 10.4. The molecule has 4 heteroatoms. The summed E-state index contributed by atoms with van der Waals surface area (Å²) in [5, 5.41) is 0. The van der Waals surface area contributed by atoms with Crippen LogP contribution >= 0.6 is 8.60 Å². The minimum absolute atomic E-state index is 0.579. The maximum absolute atomic E-state index is 10.4. The van der Waals surface area contributed by atoms with Crippen LogP contribution in [0.4, 0.5) is 0 Å². The molecule has 0 aromatic heterocycles. The van der Waals surface area contributed by atoms with Crippen LogP contribution in [0, 0.1) is 0 Å². The Morgan fingerprint density at radius 3 is 2.12 bits per heavy atom. The average Bonchev–Trinajstić information content (AvgIpc) is 1.94. The van der Waals surface area contributed by atoms with E-state index in [0.29, 0.717) is 13.2 Å². The van der Waals surface area contributed by atoms with Gasteiger partial charge in [0.05, 0.1) is 21.8 Å². The van der Waals surface area contributed by atoms with Gasteiger partial charge >= 0.3 is 0 Å². The fourth-order valence-electron chi connectivity index (χ4n) is 0.520. The molecule has 0 aromatic carbocycles.